The minimum Gasteiger partial charge on any atom is -0.245 e. The molecule has 0 N–H and O–H groups in total. The fourth-order valence-corrected chi connectivity index (χ4v) is 2.14. The highest BCUT2D eigenvalue weighted by Gasteiger charge is 2.39. The van der Waals surface area contributed by atoms with E-state index < -0.39 is 27.4 Å². The summed E-state index contributed by atoms with van der Waals surface area (Å²) >= 11 is 1.24. The van der Waals surface area contributed by atoms with E-state index in [1.807, 2.05) is 0 Å². The molecule has 0 aliphatic rings. The molecule has 0 aliphatic carbocycles. The Kier molecular flexibility index (Phi) is 4.24. The van der Waals surface area contributed by atoms with Crippen LogP contribution in [0.4, 0.5) is 22.0 Å². The summed E-state index contributed by atoms with van der Waals surface area (Å²) in [5.41, 5.74) is -2.67. The van der Waals surface area contributed by atoms with E-state index in [0.29, 0.717) is 6.07 Å². The average molecular weight is 362 g/mol. The number of aromatic nitrogens is 1. The van der Waals surface area contributed by atoms with E-state index in [-0.39, 0.29) is 12.1 Å². The Morgan fingerprint density at radius 2 is 2.00 bits per heavy atom. The van der Waals surface area contributed by atoms with E-state index >= 15 is 0 Å². The Hall–Kier alpha value is -0.980. The zero-order valence-corrected chi connectivity index (χ0v) is 10.2. The normalized spacial score (nSPS) is 11.6. The van der Waals surface area contributed by atoms with Crippen LogP contribution in [0.15, 0.2) is 6.07 Å². The molecule has 17 heavy (non-hydrogen) atoms. The van der Waals surface area contributed by atoms with Crippen molar-refractivity contribution in [1.29, 1.82) is 5.26 Å². The van der Waals surface area contributed by atoms with Crippen LogP contribution in [0.25, 0.3) is 0 Å². The lowest BCUT2D eigenvalue weighted by molar-refractivity contribution is -0.140. The van der Waals surface area contributed by atoms with E-state index in [2.05, 4.69) is 4.98 Å². The summed E-state index contributed by atoms with van der Waals surface area (Å²) in [5, 5.41) is 8.37. The van der Waals surface area contributed by atoms with Gasteiger partial charge >= 0.3 is 6.18 Å². The zero-order valence-electron chi connectivity index (χ0n) is 8.02. The van der Waals surface area contributed by atoms with Crippen LogP contribution in [0.5, 0.6) is 0 Å². The van der Waals surface area contributed by atoms with Gasteiger partial charge in [-0.3, -0.25) is 0 Å². The predicted octanol–water partition coefficient (Wildman–Crippen LogP) is 3.71. The third kappa shape index (κ3) is 3.24. The van der Waals surface area contributed by atoms with E-state index in [1.165, 1.54) is 22.6 Å². The quantitative estimate of drug-likeness (QED) is 0.457. The Morgan fingerprint density at radius 3 is 2.41 bits per heavy atom. The molecule has 0 aliphatic heterocycles. The van der Waals surface area contributed by atoms with Crippen molar-refractivity contribution in [3.8, 4) is 6.07 Å². The van der Waals surface area contributed by atoms with Crippen LogP contribution in [0.2, 0.25) is 0 Å². The predicted molar refractivity (Wildman–Crippen MR) is 56.2 cm³/mol. The number of pyridine rings is 1. The highest BCUT2D eigenvalue weighted by molar-refractivity contribution is 14.1. The molecule has 2 nitrogen and oxygen atoms in total. The van der Waals surface area contributed by atoms with E-state index in [9.17, 15) is 22.0 Å². The maximum Gasteiger partial charge on any atom is 0.419 e. The lowest BCUT2D eigenvalue weighted by atomic mass is 10.1. The second-order valence-electron chi connectivity index (χ2n) is 3.00. The maximum atomic E-state index is 12.5. The van der Waals surface area contributed by atoms with E-state index in [4.69, 9.17) is 5.26 Å². The van der Waals surface area contributed by atoms with Crippen LogP contribution in [0.1, 0.15) is 23.2 Å². The molecule has 1 heterocycles. The smallest absolute Gasteiger partial charge is 0.245 e. The van der Waals surface area contributed by atoms with E-state index in [1.54, 1.807) is 6.07 Å². The fourth-order valence-electron chi connectivity index (χ4n) is 1.21. The van der Waals surface area contributed by atoms with Crippen molar-refractivity contribution in [3.05, 3.63) is 26.6 Å². The lowest BCUT2D eigenvalue weighted by Crippen LogP contribution is -2.14. The zero-order chi connectivity index (χ0) is 13.2. The Balaban J connectivity index is 3.45. The van der Waals surface area contributed by atoms with Gasteiger partial charge in [-0.15, -0.1) is 0 Å². The van der Waals surface area contributed by atoms with Crippen LogP contribution in [0.3, 0.4) is 0 Å². The SMILES string of the molecule is N#CCc1cc(C(F)F)c(C(F)(F)F)c(I)n1. The number of hydrogen-bond donors (Lipinski definition) is 0. The van der Waals surface area contributed by atoms with Gasteiger partial charge in [0, 0.05) is 5.56 Å². The first-order chi connectivity index (χ1) is 7.77. The van der Waals surface area contributed by atoms with Gasteiger partial charge in [0.15, 0.2) is 0 Å². The number of rotatable bonds is 2. The maximum absolute atomic E-state index is 12.5. The lowest BCUT2D eigenvalue weighted by Gasteiger charge is -2.14. The molecular weight excluding hydrogens is 358 g/mol. The number of hydrogen-bond acceptors (Lipinski definition) is 2. The van der Waals surface area contributed by atoms with Gasteiger partial charge in [0.2, 0.25) is 0 Å². The number of nitriles is 1. The first-order valence-corrected chi connectivity index (χ1v) is 5.27. The summed E-state index contributed by atoms with van der Waals surface area (Å²) in [7, 11) is 0. The van der Waals surface area contributed by atoms with Crippen molar-refractivity contribution in [2.75, 3.05) is 0 Å². The summed E-state index contributed by atoms with van der Waals surface area (Å²) in [6.45, 7) is 0. The van der Waals surface area contributed by atoms with Gasteiger partial charge in [-0.1, -0.05) is 0 Å². The highest BCUT2D eigenvalue weighted by atomic mass is 127. The second kappa shape index (κ2) is 5.12. The first-order valence-electron chi connectivity index (χ1n) is 4.19. The minimum absolute atomic E-state index is 0.0970. The van der Waals surface area contributed by atoms with Crippen LogP contribution in [0, 0.1) is 15.0 Å². The summed E-state index contributed by atoms with van der Waals surface area (Å²) in [6.07, 6.45) is -8.46. The van der Waals surface area contributed by atoms with Gasteiger partial charge in [-0.2, -0.15) is 18.4 Å². The molecule has 0 unspecified atom stereocenters. The summed E-state index contributed by atoms with van der Waals surface area (Å²) in [6, 6.07) is 2.27. The van der Waals surface area contributed by atoms with Gasteiger partial charge in [0.25, 0.3) is 6.43 Å². The topological polar surface area (TPSA) is 36.7 Å². The second-order valence-corrected chi connectivity index (χ2v) is 4.02. The van der Waals surface area contributed by atoms with Crippen LogP contribution < -0.4 is 0 Å². The molecule has 92 valence electrons. The molecule has 1 aromatic heterocycles. The van der Waals surface area contributed by atoms with Crippen molar-refractivity contribution in [1.82, 2.24) is 4.98 Å². The molecule has 0 aromatic carbocycles. The summed E-state index contributed by atoms with van der Waals surface area (Å²) < 4.78 is 62.1. The minimum atomic E-state index is -4.89. The number of nitrogens with zero attached hydrogens (tertiary/aromatic N) is 2. The van der Waals surface area contributed by atoms with Crippen molar-refractivity contribution in [2.45, 2.75) is 19.0 Å². The van der Waals surface area contributed by atoms with Gasteiger partial charge in [-0.05, 0) is 28.7 Å². The fraction of sp³-hybridized carbons (Fsp3) is 0.333. The molecule has 0 radical (unpaired) electrons. The molecule has 8 heteroatoms. The highest BCUT2D eigenvalue weighted by Crippen LogP contribution is 2.38. The molecule has 1 rings (SSSR count). The molecule has 1 aromatic rings. The van der Waals surface area contributed by atoms with Crippen LogP contribution >= 0.6 is 22.6 Å². The Bertz CT molecular complexity index is 464. The van der Waals surface area contributed by atoms with Gasteiger partial charge in [-0.25, -0.2) is 13.8 Å². The first kappa shape index (κ1) is 14.1. The molecule has 0 saturated heterocycles. The third-order valence-corrected chi connectivity index (χ3v) is 2.62. The summed E-state index contributed by atoms with van der Waals surface area (Å²) in [5.74, 6) is 0. The summed E-state index contributed by atoms with van der Waals surface area (Å²) in [4.78, 5) is 3.48. The number of alkyl halides is 5. The molecule has 0 atom stereocenters. The molecule has 0 saturated carbocycles. The van der Waals surface area contributed by atoms with E-state index in [0.717, 1.165) is 0 Å². The average Bonchev–Trinajstić information content (AvgIpc) is 2.14. The van der Waals surface area contributed by atoms with Crippen molar-refractivity contribution in [3.63, 3.8) is 0 Å². The molecule has 0 bridgehead atoms. The molecule has 0 spiro atoms. The largest absolute Gasteiger partial charge is 0.419 e. The molecule has 0 fully saturated rings. The standard InChI is InChI=1S/C9H4F5IN2/c10-7(11)5-3-4(1-2-16)17-8(15)6(5)9(12,13)14/h3,7H,1H2. The van der Waals surface area contributed by atoms with Crippen molar-refractivity contribution >= 4 is 22.6 Å². The Morgan fingerprint density at radius 1 is 1.41 bits per heavy atom. The number of halogens is 6. The molecular formula is C9H4F5IN2. The van der Waals surface area contributed by atoms with Crippen molar-refractivity contribution in [2.24, 2.45) is 0 Å². The third-order valence-electron chi connectivity index (χ3n) is 1.84. The Labute approximate surface area is 107 Å². The monoisotopic (exact) mass is 362 g/mol. The van der Waals surface area contributed by atoms with Crippen LogP contribution in [-0.2, 0) is 12.6 Å². The van der Waals surface area contributed by atoms with Gasteiger partial charge in [0.05, 0.1) is 23.7 Å². The van der Waals surface area contributed by atoms with Crippen LogP contribution in [-0.4, -0.2) is 4.98 Å². The van der Waals surface area contributed by atoms with Gasteiger partial charge < -0.3 is 0 Å². The van der Waals surface area contributed by atoms with Gasteiger partial charge in [0.1, 0.15) is 3.70 Å². The van der Waals surface area contributed by atoms with Crippen molar-refractivity contribution < 1.29 is 22.0 Å². The molecule has 0 amide bonds.